The van der Waals surface area contributed by atoms with E-state index in [1.807, 2.05) is 6.07 Å². The second-order valence-corrected chi connectivity index (χ2v) is 7.16. The summed E-state index contributed by atoms with van der Waals surface area (Å²) < 4.78 is 13.6. The summed E-state index contributed by atoms with van der Waals surface area (Å²) >= 11 is 6.10. The maximum absolute atomic E-state index is 13.6. The molecule has 2 aromatic rings. The maximum Gasteiger partial charge on any atom is 0.285 e. The number of aromatic nitrogens is 2. The predicted molar refractivity (Wildman–Crippen MR) is 95.7 cm³/mol. The van der Waals surface area contributed by atoms with Crippen LogP contribution in [0.1, 0.15) is 29.9 Å². The summed E-state index contributed by atoms with van der Waals surface area (Å²) in [4.78, 5) is 16.1. The number of hydrogen-bond donors (Lipinski definition) is 1. The summed E-state index contributed by atoms with van der Waals surface area (Å²) in [5.74, 6) is 0.389. The van der Waals surface area contributed by atoms with Gasteiger partial charge in [-0.05, 0) is 42.0 Å². The van der Waals surface area contributed by atoms with E-state index in [0.29, 0.717) is 11.6 Å². The molecule has 25 heavy (non-hydrogen) atoms. The number of H-pyrrole nitrogens is 1. The molecule has 2 fully saturated rings. The van der Waals surface area contributed by atoms with Crippen molar-refractivity contribution in [3.63, 3.8) is 0 Å². The first-order valence-electron chi connectivity index (χ1n) is 8.60. The van der Waals surface area contributed by atoms with E-state index in [-0.39, 0.29) is 16.4 Å². The first kappa shape index (κ1) is 16.5. The highest BCUT2D eigenvalue weighted by Crippen LogP contribution is 2.42. The Morgan fingerprint density at radius 1 is 1.24 bits per heavy atom. The van der Waals surface area contributed by atoms with Crippen molar-refractivity contribution in [2.45, 2.75) is 25.3 Å². The third kappa shape index (κ3) is 3.55. The van der Waals surface area contributed by atoms with Gasteiger partial charge in [-0.25, -0.2) is 9.49 Å². The van der Waals surface area contributed by atoms with Crippen LogP contribution in [0.15, 0.2) is 29.2 Å². The van der Waals surface area contributed by atoms with Gasteiger partial charge in [-0.1, -0.05) is 17.7 Å². The topological polar surface area (TPSA) is 52.2 Å². The normalized spacial score (nSPS) is 18.6. The number of halogens is 2. The number of benzene rings is 1. The predicted octanol–water partition coefficient (Wildman–Crippen LogP) is 2.76. The average molecular weight is 363 g/mol. The zero-order valence-corrected chi connectivity index (χ0v) is 14.6. The molecule has 0 spiro atoms. The Morgan fingerprint density at radius 3 is 2.72 bits per heavy atom. The van der Waals surface area contributed by atoms with E-state index in [9.17, 15) is 9.18 Å². The van der Waals surface area contributed by atoms with Gasteiger partial charge in [-0.15, -0.1) is 0 Å². The van der Waals surface area contributed by atoms with Gasteiger partial charge in [0.2, 0.25) is 0 Å². The van der Waals surface area contributed by atoms with E-state index >= 15 is 0 Å². The summed E-state index contributed by atoms with van der Waals surface area (Å²) in [5, 5.41) is 6.38. The number of anilines is 1. The zero-order chi connectivity index (χ0) is 17.4. The molecule has 0 unspecified atom stereocenters. The van der Waals surface area contributed by atoms with E-state index in [4.69, 9.17) is 11.6 Å². The van der Waals surface area contributed by atoms with Crippen LogP contribution in [0.2, 0.25) is 5.02 Å². The molecule has 0 radical (unpaired) electrons. The molecular weight excluding hydrogens is 343 g/mol. The van der Waals surface area contributed by atoms with Crippen LogP contribution < -0.4 is 10.5 Å². The van der Waals surface area contributed by atoms with Gasteiger partial charge in [0.05, 0.1) is 11.9 Å². The first-order chi connectivity index (χ1) is 12.1. The summed E-state index contributed by atoms with van der Waals surface area (Å²) in [7, 11) is 0. The minimum atomic E-state index is -0.359. The van der Waals surface area contributed by atoms with Gasteiger partial charge in [-0.3, -0.25) is 9.69 Å². The lowest BCUT2D eigenvalue weighted by molar-refractivity contribution is 0.249. The summed E-state index contributed by atoms with van der Waals surface area (Å²) in [6.45, 7) is 4.13. The Morgan fingerprint density at radius 2 is 2.00 bits per heavy atom. The fourth-order valence-corrected chi connectivity index (χ4v) is 3.68. The minimum Gasteiger partial charge on any atom is -0.366 e. The molecule has 0 bridgehead atoms. The minimum absolute atomic E-state index is 0.146. The summed E-state index contributed by atoms with van der Waals surface area (Å²) in [5.41, 5.74) is 2.73. The van der Waals surface area contributed by atoms with Gasteiger partial charge >= 0.3 is 0 Å². The number of piperazine rings is 1. The van der Waals surface area contributed by atoms with E-state index in [1.54, 1.807) is 18.3 Å². The van der Waals surface area contributed by atoms with Gasteiger partial charge in [-0.2, -0.15) is 5.10 Å². The molecule has 0 amide bonds. The average Bonchev–Trinajstić information content (AvgIpc) is 3.45. The molecule has 1 aromatic carbocycles. The van der Waals surface area contributed by atoms with Crippen molar-refractivity contribution in [3.8, 4) is 0 Å². The lowest BCUT2D eigenvalue weighted by atomic mass is 10.0. The van der Waals surface area contributed by atoms with Crippen LogP contribution in [0.25, 0.3) is 0 Å². The lowest BCUT2D eigenvalue weighted by Crippen LogP contribution is -2.46. The van der Waals surface area contributed by atoms with Gasteiger partial charge in [0.1, 0.15) is 10.8 Å². The summed E-state index contributed by atoms with van der Waals surface area (Å²) in [6, 6.07) is 5.18. The molecule has 2 aliphatic rings. The van der Waals surface area contributed by atoms with E-state index in [2.05, 4.69) is 20.0 Å². The van der Waals surface area contributed by atoms with Crippen LogP contribution in [0, 0.1) is 5.82 Å². The Bertz CT molecular complexity index is 828. The van der Waals surface area contributed by atoms with Gasteiger partial charge in [0, 0.05) is 32.7 Å². The fourth-order valence-electron chi connectivity index (χ4n) is 3.47. The second kappa shape index (κ2) is 6.77. The molecule has 132 valence electrons. The summed E-state index contributed by atoms with van der Waals surface area (Å²) in [6.07, 6.45) is 3.93. The third-order valence-electron chi connectivity index (χ3n) is 5.01. The lowest BCUT2D eigenvalue weighted by Gasteiger charge is -2.36. The van der Waals surface area contributed by atoms with Gasteiger partial charge in [0.15, 0.2) is 0 Å². The SMILES string of the molecule is O=c1[nH]ncc(N2CCN(Cc3ccc(F)cc3C3CC3)CC2)c1Cl. The van der Waals surface area contributed by atoms with Crippen molar-refractivity contribution < 1.29 is 4.39 Å². The van der Waals surface area contributed by atoms with Crippen LogP contribution in [-0.4, -0.2) is 41.3 Å². The Labute approximate surface area is 150 Å². The maximum atomic E-state index is 13.6. The van der Waals surface area contributed by atoms with Crippen molar-refractivity contribution >= 4 is 17.3 Å². The van der Waals surface area contributed by atoms with Crippen LogP contribution in [0.5, 0.6) is 0 Å². The quantitative estimate of drug-likeness (QED) is 0.908. The monoisotopic (exact) mass is 362 g/mol. The molecule has 1 aliphatic carbocycles. The number of hydrogen-bond acceptors (Lipinski definition) is 4. The molecule has 1 aromatic heterocycles. The zero-order valence-electron chi connectivity index (χ0n) is 13.8. The van der Waals surface area contributed by atoms with E-state index in [1.165, 1.54) is 11.1 Å². The number of nitrogens with one attached hydrogen (secondary N) is 1. The number of rotatable bonds is 4. The highest BCUT2D eigenvalue weighted by molar-refractivity contribution is 6.32. The van der Waals surface area contributed by atoms with Crippen LogP contribution in [0.3, 0.4) is 0 Å². The number of nitrogens with zero attached hydrogens (tertiary/aromatic N) is 3. The molecule has 2 heterocycles. The highest BCUT2D eigenvalue weighted by Gasteiger charge is 2.27. The van der Waals surface area contributed by atoms with E-state index < -0.39 is 0 Å². The van der Waals surface area contributed by atoms with E-state index in [0.717, 1.165) is 45.6 Å². The molecule has 7 heteroatoms. The van der Waals surface area contributed by atoms with Crippen molar-refractivity contribution in [3.05, 3.63) is 56.7 Å². The molecule has 1 aliphatic heterocycles. The van der Waals surface area contributed by atoms with Crippen molar-refractivity contribution in [1.82, 2.24) is 15.1 Å². The van der Waals surface area contributed by atoms with Gasteiger partial charge < -0.3 is 4.90 Å². The highest BCUT2D eigenvalue weighted by atomic mass is 35.5. The van der Waals surface area contributed by atoms with Gasteiger partial charge in [0.25, 0.3) is 5.56 Å². The molecule has 1 saturated carbocycles. The molecule has 4 rings (SSSR count). The molecule has 1 N–H and O–H groups in total. The standard InChI is InChI=1S/C18H20ClFN4O/c19-17-16(10-21-22-18(17)25)24-7-5-23(6-8-24)11-13-3-4-14(20)9-15(13)12-1-2-12/h3-4,9-10,12H,1-2,5-8,11H2,(H,22,25). The largest absolute Gasteiger partial charge is 0.366 e. The molecule has 1 saturated heterocycles. The molecular formula is C18H20ClFN4O. The van der Waals surface area contributed by atoms with Crippen LogP contribution in [0.4, 0.5) is 10.1 Å². The fraction of sp³-hybridized carbons (Fsp3) is 0.444. The third-order valence-corrected chi connectivity index (χ3v) is 5.37. The Balaban J connectivity index is 1.43. The molecule has 0 atom stereocenters. The van der Waals surface area contributed by atoms with Crippen molar-refractivity contribution in [1.29, 1.82) is 0 Å². The molecule has 5 nitrogen and oxygen atoms in total. The Hall–Kier alpha value is -1.92. The van der Waals surface area contributed by atoms with Crippen molar-refractivity contribution in [2.75, 3.05) is 31.1 Å². The van der Waals surface area contributed by atoms with Crippen LogP contribution >= 0.6 is 11.6 Å². The van der Waals surface area contributed by atoms with Crippen LogP contribution in [-0.2, 0) is 6.54 Å². The first-order valence-corrected chi connectivity index (χ1v) is 8.98. The number of aromatic amines is 1. The smallest absolute Gasteiger partial charge is 0.285 e. The second-order valence-electron chi connectivity index (χ2n) is 6.78. The van der Waals surface area contributed by atoms with Crippen molar-refractivity contribution in [2.24, 2.45) is 0 Å². The Kier molecular flexibility index (Phi) is 4.48.